The molecule has 2 N–H and O–H groups in total. The van der Waals surface area contributed by atoms with E-state index in [9.17, 15) is 4.79 Å². The Morgan fingerprint density at radius 3 is 2.55 bits per heavy atom. The number of benzene rings is 1. The van der Waals surface area contributed by atoms with E-state index in [0.717, 1.165) is 6.42 Å². The summed E-state index contributed by atoms with van der Waals surface area (Å²) in [7, 11) is 1.85. The number of nitrogen functional groups attached to an aromatic ring is 1. The summed E-state index contributed by atoms with van der Waals surface area (Å²) in [5.74, 6) is 1.33. The van der Waals surface area contributed by atoms with Crippen molar-refractivity contribution in [1.29, 1.82) is 0 Å². The number of anilines is 1. The molecule has 1 rings (SSSR count). The van der Waals surface area contributed by atoms with Gasteiger partial charge in [-0.1, -0.05) is 26.0 Å². The number of hydrogen-bond donors (Lipinski definition) is 1. The van der Waals surface area contributed by atoms with Gasteiger partial charge in [0.25, 0.3) is 0 Å². The third-order valence-corrected chi connectivity index (χ3v) is 3.36. The van der Waals surface area contributed by atoms with Gasteiger partial charge in [0.15, 0.2) is 0 Å². The van der Waals surface area contributed by atoms with Gasteiger partial charge in [0.1, 0.15) is 5.75 Å². The molecule has 0 fully saturated rings. The number of nitrogens with zero attached hydrogens (tertiary/aromatic N) is 1. The van der Waals surface area contributed by atoms with Crippen LogP contribution in [-0.2, 0) is 4.79 Å². The summed E-state index contributed by atoms with van der Waals surface area (Å²) in [6.45, 7) is 6.76. The predicted molar refractivity (Wildman–Crippen MR) is 82.7 cm³/mol. The molecule has 0 aliphatic carbocycles. The average molecular weight is 278 g/mol. The minimum atomic E-state index is 0.104. The lowest BCUT2D eigenvalue weighted by Crippen LogP contribution is -2.36. The monoisotopic (exact) mass is 278 g/mol. The van der Waals surface area contributed by atoms with Gasteiger partial charge in [-0.2, -0.15) is 0 Å². The average Bonchev–Trinajstić information content (AvgIpc) is 2.39. The summed E-state index contributed by atoms with van der Waals surface area (Å²) in [6.07, 6.45) is 1.38. The van der Waals surface area contributed by atoms with E-state index in [4.69, 9.17) is 10.5 Å². The minimum absolute atomic E-state index is 0.104. The first kappa shape index (κ1) is 16.3. The number of para-hydroxylation sites is 2. The van der Waals surface area contributed by atoms with Gasteiger partial charge in [-0.05, 0) is 31.4 Å². The maximum absolute atomic E-state index is 12.1. The molecule has 4 nitrogen and oxygen atoms in total. The van der Waals surface area contributed by atoms with Crippen LogP contribution in [0.4, 0.5) is 5.69 Å². The molecule has 20 heavy (non-hydrogen) atoms. The van der Waals surface area contributed by atoms with Crippen molar-refractivity contribution in [2.45, 2.75) is 39.7 Å². The van der Waals surface area contributed by atoms with E-state index in [1.165, 1.54) is 0 Å². The summed E-state index contributed by atoms with van der Waals surface area (Å²) in [5.41, 5.74) is 6.38. The minimum Gasteiger partial charge on any atom is -0.491 e. The van der Waals surface area contributed by atoms with Gasteiger partial charge < -0.3 is 15.4 Å². The van der Waals surface area contributed by atoms with Gasteiger partial charge in [-0.15, -0.1) is 0 Å². The summed E-state index contributed by atoms with van der Waals surface area (Å²) < 4.78 is 5.55. The van der Waals surface area contributed by atoms with Crippen LogP contribution in [0.2, 0.25) is 0 Å². The fraction of sp³-hybridized carbons (Fsp3) is 0.562. The van der Waals surface area contributed by atoms with Crippen molar-refractivity contribution in [2.24, 2.45) is 5.92 Å². The summed E-state index contributed by atoms with van der Waals surface area (Å²) in [6, 6.07) is 7.57. The number of nitrogens with two attached hydrogens (primary N) is 1. The topological polar surface area (TPSA) is 55.6 Å². The van der Waals surface area contributed by atoms with E-state index in [1.54, 1.807) is 11.0 Å². The van der Waals surface area contributed by atoms with Crippen LogP contribution < -0.4 is 10.5 Å². The van der Waals surface area contributed by atoms with E-state index in [2.05, 4.69) is 20.8 Å². The fourth-order valence-corrected chi connectivity index (χ4v) is 2.12. The number of amides is 1. The maximum atomic E-state index is 12.1. The van der Waals surface area contributed by atoms with Gasteiger partial charge in [-0.3, -0.25) is 4.79 Å². The molecular weight excluding hydrogens is 252 g/mol. The zero-order valence-corrected chi connectivity index (χ0v) is 12.9. The van der Waals surface area contributed by atoms with Crippen molar-refractivity contribution in [3.8, 4) is 5.75 Å². The Labute approximate surface area is 121 Å². The van der Waals surface area contributed by atoms with E-state index in [-0.39, 0.29) is 11.9 Å². The Hall–Kier alpha value is -1.71. The molecule has 0 aromatic heterocycles. The third kappa shape index (κ3) is 5.11. The molecule has 0 saturated carbocycles. The third-order valence-electron chi connectivity index (χ3n) is 3.36. The van der Waals surface area contributed by atoms with Crippen LogP contribution >= 0.6 is 0 Å². The lowest BCUT2D eigenvalue weighted by atomic mass is 10.0. The SMILES string of the molecule is CC(C)CC(C)N(C)C(=O)CCOc1ccccc1N. The van der Waals surface area contributed by atoms with Crippen LogP contribution in [0.15, 0.2) is 24.3 Å². The lowest BCUT2D eigenvalue weighted by molar-refractivity contribution is -0.132. The molecule has 0 heterocycles. The van der Waals surface area contributed by atoms with Crippen LogP contribution in [0.5, 0.6) is 5.75 Å². The molecule has 112 valence electrons. The van der Waals surface area contributed by atoms with Crippen molar-refractivity contribution < 1.29 is 9.53 Å². The Balaban J connectivity index is 2.38. The molecule has 1 aromatic carbocycles. The van der Waals surface area contributed by atoms with Crippen molar-refractivity contribution in [1.82, 2.24) is 4.90 Å². The number of rotatable bonds is 7. The zero-order valence-electron chi connectivity index (χ0n) is 12.9. The molecule has 0 saturated heterocycles. The molecule has 0 aliphatic rings. The van der Waals surface area contributed by atoms with Crippen molar-refractivity contribution >= 4 is 11.6 Å². The molecule has 0 aliphatic heterocycles. The lowest BCUT2D eigenvalue weighted by Gasteiger charge is -2.26. The van der Waals surface area contributed by atoms with Crippen LogP contribution in [0.1, 0.15) is 33.6 Å². The standard InChI is InChI=1S/C16H26N2O2/c1-12(2)11-13(3)18(4)16(19)9-10-20-15-8-6-5-7-14(15)17/h5-8,12-13H,9-11,17H2,1-4H3. The molecule has 1 unspecified atom stereocenters. The van der Waals surface area contributed by atoms with Gasteiger partial charge >= 0.3 is 0 Å². The van der Waals surface area contributed by atoms with Crippen molar-refractivity contribution in [3.05, 3.63) is 24.3 Å². The molecule has 1 amide bonds. The molecule has 1 atom stereocenters. The molecule has 1 aromatic rings. The Morgan fingerprint density at radius 1 is 1.30 bits per heavy atom. The van der Waals surface area contributed by atoms with Crippen molar-refractivity contribution in [3.63, 3.8) is 0 Å². The normalized spacial score (nSPS) is 12.2. The molecular formula is C16H26N2O2. The van der Waals surface area contributed by atoms with Crippen LogP contribution in [0.25, 0.3) is 0 Å². The molecule has 0 spiro atoms. The van der Waals surface area contributed by atoms with Crippen LogP contribution in [0, 0.1) is 5.92 Å². The predicted octanol–water partition coefficient (Wildman–Crippen LogP) is 2.93. The number of carbonyl (C=O) groups is 1. The zero-order chi connectivity index (χ0) is 15.1. The van der Waals surface area contributed by atoms with Crippen molar-refractivity contribution in [2.75, 3.05) is 19.4 Å². The Morgan fingerprint density at radius 2 is 1.95 bits per heavy atom. The van der Waals surface area contributed by atoms with Gasteiger partial charge in [-0.25, -0.2) is 0 Å². The quantitative estimate of drug-likeness (QED) is 0.780. The second-order valence-electron chi connectivity index (χ2n) is 5.62. The fourth-order valence-electron chi connectivity index (χ4n) is 2.12. The highest BCUT2D eigenvalue weighted by Gasteiger charge is 2.16. The highest BCUT2D eigenvalue weighted by molar-refractivity contribution is 5.76. The summed E-state index contributed by atoms with van der Waals surface area (Å²) in [4.78, 5) is 13.9. The second kappa shape index (κ2) is 7.78. The largest absolute Gasteiger partial charge is 0.491 e. The van der Waals surface area contributed by atoms with Crippen LogP contribution in [0.3, 0.4) is 0 Å². The first-order chi connectivity index (χ1) is 9.41. The van der Waals surface area contributed by atoms with E-state index in [1.807, 2.05) is 25.2 Å². The first-order valence-electron chi connectivity index (χ1n) is 7.14. The highest BCUT2D eigenvalue weighted by atomic mass is 16.5. The maximum Gasteiger partial charge on any atom is 0.225 e. The first-order valence-corrected chi connectivity index (χ1v) is 7.14. The summed E-state index contributed by atoms with van der Waals surface area (Å²) in [5, 5.41) is 0. The highest BCUT2D eigenvalue weighted by Crippen LogP contribution is 2.20. The molecule has 0 bridgehead atoms. The van der Waals surface area contributed by atoms with E-state index >= 15 is 0 Å². The van der Waals surface area contributed by atoms with Gasteiger partial charge in [0.05, 0.1) is 18.7 Å². The van der Waals surface area contributed by atoms with Crippen LogP contribution in [-0.4, -0.2) is 30.5 Å². The molecule has 0 radical (unpaired) electrons. The van der Waals surface area contributed by atoms with E-state index < -0.39 is 0 Å². The number of carbonyl (C=O) groups excluding carboxylic acids is 1. The molecule has 4 heteroatoms. The van der Waals surface area contributed by atoms with Gasteiger partial charge in [0, 0.05) is 13.1 Å². The second-order valence-corrected chi connectivity index (χ2v) is 5.62. The number of hydrogen-bond acceptors (Lipinski definition) is 3. The summed E-state index contributed by atoms with van der Waals surface area (Å²) >= 11 is 0. The number of ether oxygens (including phenoxy) is 1. The Kier molecular flexibility index (Phi) is 6.36. The smallest absolute Gasteiger partial charge is 0.225 e. The van der Waals surface area contributed by atoms with E-state index in [0.29, 0.717) is 30.4 Å². The Bertz CT molecular complexity index is 432. The van der Waals surface area contributed by atoms with Gasteiger partial charge in [0.2, 0.25) is 5.91 Å².